The molecule has 6 nitrogen and oxygen atoms in total. The molecule has 21 heavy (non-hydrogen) atoms. The lowest BCUT2D eigenvalue weighted by Gasteiger charge is -2.43. The Morgan fingerprint density at radius 1 is 1.14 bits per heavy atom. The molecule has 0 aromatic carbocycles. The zero-order valence-electron chi connectivity index (χ0n) is 13.3. The first-order chi connectivity index (χ1) is 9.79. The van der Waals surface area contributed by atoms with Crippen LogP contribution in [0, 0.1) is 0 Å². The van der Waals surface area contributed by atoms with E-state index in [-0.39, 0.29) is 24.0 Å². The van der Waals surface area contributed by atoms with Crippen LogP contribution in [0.1, 0.15) is 40.0 Å². The second kappa shape index (κ2) is 6.22. The van der Waals surface area contributed by atoms with Gasteiger partial charge in [0.25, 0.3) is 0 Å². The molecule has 2 fully saturated rings. The van der Waals surface area contributed by atoms with Crippen LogP contribution in [0.5, 0.6) is 0 Å². The van der Waals surface area contributed by atoms with Crippen LogP contribution in [0.3, 0.4) is 0 Å². The quantitative estimate of drug-likeness (QED) is 0.853. The zero-order chi connectivity index (χ0) is 15.6. The molecule has 0 spiro atoms. The highest BCUT2D eigenvalue weighted by Gasteiger charge is 2.36. The molecule has 0 atom stereocenters. The Bertz CT molecular complexity index is 393. The third-order valence-corrected chi connectivity index (χ3v) is 4.30. The highest BCUT2D eigenvalue weighted by molar-refractivity contribution is 5.76. The van der Waals surface area contributed by atoms with Gasteiger partial charge < -0.3 is 14.9 Å². The van der Waals surface area contributed by atoms with Crippen molar-refractivity contribution in [3.63, 3.8) is 0 Å². The van der Waals surface area contributed by atoms with Crippen LogP contribution in [0.4, 0.5) is 4.79 Å². The monoisotopic (exact) mass is 297 g/mol. The van der Waals surface area contributed by atoms with Crippen LogP contribution in [0.15, 0.2) is 0 Å². The first-order valence-corrected chi connectivity index (χ1v) is 7.81. The van der Waals surface area contributed by atoms with Crippen LogP contribution in [0.25, 0.3) is 0 Å². The van der Waals surface area contributed by atoms with E-state index in [4.69, 9.17) is 5.11 Å². The van der Waals surface area contributed by atoms with Gasteiger partial charge in [0.2, 0.25) is 0 Å². The fraction of sp³-hybridized carbons (Fsp3) is 0.867. The van der Waals surface area contributed by atoms with Crippen molar-refractivity contribution in [2.24, 2.45) is 0 Å². The fourth-order valence-electron chi connectivity index (χ4n) is 2.79. The predicted molar refractivity (Wildman–Crippen MR) is 80.3 cm³/mol. The maximum absolute atomic E-state index is 12.6. The molecule has 0 aromatic heterocycles. The van der Waals surface area contributed by atoms with Gasteiger partial charge in [-0.25, -0.2) is 4.79 Å². The summed E-state index contributed by atoms with van der Waals surface area (Å²) in [6.07, 6.45) is 2.05. The molecular weight excluding hydrogens is 270 g/mol. The van der Waals surface area contributed by atoms with Gasteiger partial charge in [0, 0.05) is 44.3 Å². The van der Waals surface area contributed by atoms with Crippen molar-refractivity contribution in [3.05, 3.63) is 0 Å². The van der Waals surface area contributed by atoms with Gasteiger partial charge in [-0.1, -0.05) is 0 Å². The third kappa shape index (κ3) is 4.33. The molecule has 2 aliphatic rings. The summed E-state index contributed by atoms with van der Waals surface area (Å²) < 4.78 is 0. The third-order valence-electron chi connectivity index (χ3n) is 4.30. The lowest BCUT2D eigenvalue weighted by molar-refractivity contribution is -0.137. The number of piperazine rings is 1. The van der Waals surface area contributed by atoms with Crippen molar-refractivity contribution in [2.45, 2.75) is 51.6 Å². The van der Waals surface area contributed by atoms with Gasteiger partial charge in [-0.3, -0.25) is 9.69 Å². The lowest BCUT2D eigenvalue weighted by Crippen LogP contribution is -2.57. The number of urea groups is 1. The number of nitrogens with zero attached hydrogens (tertiary/aromatic N) is 3. The van der Waals surface area contributed by atoms with E-state index >= 15 is 0 Å². The van der Waals surface area contributed by atoms with Gasteiger partial charge in [-0.05, 0) is 33.6 Å². The summed E-state index contributed by atoms with van der Waals surface area (Å²) in [7, 11) is 0. The van der Waals surface area contributed by atoms with Gasteiger partial charge in [0.1, 0.15) is 0 Å². The van der Waals surface area contributed by atoms with Crippen molar-refractivity contribution in [2.75, 3.05) is 32.7 Å². The van der Waals surface area contributed by atoms with Crippen LogP contribution in [-0.4, -0.2) is 76.1 Å². The molecule has 1 aliphatic heterocycles. The molecule has 1 saturated carbocycles. The molecule has 1 heterocycles. The minimum atomic E-state index is -0.842. The van der Waals surface area contributed by atoms with Gasteiger partial charge in [-0.2, -0.15) is 0 Å². The summed E-state index contributed by atoms with van der Waals surface area (Å²) in [6.45, 7) is 10.1. The van der Waals surface area contributed by atoms with Gasteiger partial charge in [0.05, 0.1) is 6.42 Å². The molecule has 0 aromatic rings. The Kier molecular flexibility index (Phi) is 4.76. The summed E-state index contributed by atoms with van der Waals surface area (Å²) in [5.41, 5.74) is 0.134. The molecule has 1 saturated heterocycles. The molecule has 1 aliphatic carbocycles. The van der Waals surface area contributed by atoms with E-state index in [1.807, 2.05) is 4.90 Å². The van der Waals surface area contributed by atoms with E-state index in [2.05, 4.69) is 25.7 Å². The summed E-state index contributed by atoms with van der Waals surface area (Å²) in [6, 6.07) is 0.282. The van der Waals surface area contributed by atoms with Crippen molar-refractivity contribution in [1.29, 1.82) is 0 Å². The Balaban J connectivity index is 1.88. The highest BCUT2D eigenvalue weighted by Crippen LogP contribution is 2.28. The Morgan fingerprint density at radius 3 is 2.14 bits per heavy atom. The van der Waals surface area contributed by atoms with E-state index < -0.39 is 5.97 Å². The number of aliphatic carboxylic acids is 1. The Hall–Kier alpha value is -1.30. The number of carbonyl (C=O) groups excluding carboxylic acids is 1. The molecule has 120 valence electrons. The summed E-state index contributed by atoms with van der Waals surface area (Å²) in [5.74, 6) is -0.842. The van der Waals surface area contributed by atoms with Crippen molar-refractivity contribution < 1.29 is 14.7 Å². The number of carbonyl (C=O) groups is 2. The van der Waals surface area contributed by atoms with Crippen LogP contribution in [0.2, 0.25) is 0 Å². The van der Waals surface area contributed by atoms with Gasteiger partial charge >= 0.3 is 12.0 Å². The number of carboxylic acid groups (broad SMARTS) is 1. The fourth-order valence-corrected chi connectivity index (χ4v) is 2.79. The smallest absolute Gasteiger partial charge is 0.320 e. The molecule has 0 radical (unpaired) electrons. The van der Waals surface area contributed by atoms with Crippen molar-refractivity contribution in [3.8, 4) is 0 Å². The number of carboxylic acids is 1. The SMILES string of the molecule is CC(C)(C)N1CCN(C(=O)N(CCC(=O)O)C2CC2)CC1. The van der Waals surface area contributed by atoms with Crippen LogP contribution < -0.4 is 0 Å². The van der Waals surface area contributed by atoms with Crippen LogP contribution >= 0.6 is 0 Å². The topological polar surface area (TPSA) is 64.1 Å². The van der Waals surface area contributed by atoms with E-state index in [0.717, 1.165) is 39.0 Å². The molecule has 2 rings (SSSR count). The molecular formula is C15H27N3O3. The van der Waals surface area contributed by atoms with E-state index in [9.17, 15) is 9.59 Å². The normalized spacial score (nSPS) is 20.4. The van der Waals surface area contributed by atoms with E-state index in [1.54, 1.807) is 4.90 Å². The van der Waals surface area contributed by atoms with Gasteiger partial charge in [-0.15, -0.1) is 0 Å². The second-order valence-corrected chi connectivity index (χ2v) is 7.00. The average molecular weight is 297 g/mol. The number of hydrogen-bond donors (Lipinski definition) is 1. The highest BCUT2D eigenvalue weighted by atomic mass is 16.4. The average Bonchev–Trinajstić information content (AvgIpc) is 3.22. The minimum absolute atomic E-state index is 0.0207. The molecule has 1 N–H and O–H groups in total. The number of hydrogen-bond acceptors (Lipinski definition) is 3. The first-order valence-electron chi connectivity index (χ1n) is 7.81. The molecule has 2 amide bonds. The maximum atomic E-state index is 12.6. The largest absolute Gasteiger partial charge is 0.481 e. The predicted octanol–water partition coefficient (Wildman–Crippen LogP) is 1.46. The Morgan fingerprint density at radius 2 is 1.71 bits per heavy atom. The summed E-state index contributed by atoms with van der Waals surface area (Å²) in [5, 5.41) is 8.82. The second-order valence-electron chi connectivity index (χ2n) is 7.00. The standard InChI is InChI=1S/C15H27N3O3/c1-15(2,3)17-10-8-16(9-11-17)14(21)18(12-4-5-12)7-6-13(19)20/h12H,4-11H2,1-3H3,(H,19,20). The number of amides is 2. The molecule has 0 unspecified atom stereocenters. The van der Waals surface area contributed by atoms with E-state index in [1.165, 1.54) is 0 Å². The minimum Gasteiger partial charge on any atom is -0.481 e. The van der Waals surface area contributed by atoms with Crippen LogP contribution in [-0.2, 0) is 4.79 Å². The molecule has 0 bridgehead atoms. The van der Waals surface area contributed by atoms with Crippen molar-refractivity contribution in [1.82, 2.24) is 14.7 Å². The lowest BCUT2D eigenvalue weighted by atomic mass is 10.1. The Labute approximate surface area is 126 Å². The first kappa shape index (κ1) is 16.1. The zero-order valence-corrected chi connectivity index (χ0v) is 13.3. The molecule has 6 heteroatoms. The number of rotatable bonds is 4. The summed E-state index contributed by atoms with van der Waals surface area (Å²) in [4.78, 5) is 29.4. The van der Waals surface area contributed by atoms with Crippen molar-refractivity contribution >= 4 is 12.0 Å². The van der Waals surface area contributed by atoms with Gasteiger partial charge in [0.15, 0.2) is 0 Å². The summed E-state index contributed by atoms with van der Waals surface area (Å²) >= 11 is 0. The maximum Gasteiger partial charge on any atom is 0.320 e. The van der Waals surface area contributed by atoms with E-state index in [0.29, 0.717) is 6.54 Å².